The zero-order valence-corrected chi connectivity index (χ0v) is 12.8. The SMILES string of the molecule is CCOCCN(CC)CC(=O)c1cc(C)n(C)c1C. The fourth-order valence-corrected chi connectivity index (χ4v) is 2.11. The number of aryl methyl sites for hydroxylation is 1. The number of ether oxygens (including phenoxy) is 1. The molecule has 0 aliphatic carbocycles. The van der Waals surface area contributed by atoms with Crippen molar-refractivity contribution >= 4 is 5.78 Å². The molecule has 0 aromatic carbocycles. The minimum Gasteiger partial charge on any atom is -0.380 e. The number of carbonyl (C=O) groups is 1. The first-order chi connectivity index (χ1) is 9.01. The average molecular weight is 266 g/mol. The van der Waals surface area contributed by atoms with Gasteiger partial charge in [0.2, 0.25) is 0 Å². The molecule has 4 heteroatoms. The first-order valence-corrected chi connectivity index (χ1v) is 6.97. The minimum atomic E-state index is 0.194. The highest BCUT2D eigenvalue weighted by atomic mass is 16.5. The van der Waals surface area contributed by atoms with Crippen LogP contribution in [0, 0.1) is 13.8 Å². The van der Waals surface area contributed by atoms with Crippen molar-refractivity contribution < 1.29 is 9.53 Å². The Hall–Kier alpha value is -1.13. The third-order valence-electron chi connectivity index (χ3n) is 3.65. The summed E-state index contributed by atoms with van der Waals surface area (Å²) in [4.78, 5) is 14.5. The summed E-state index contributed by atoms with van der Waals surface area (Å²) in [6, 6.07) is 1.98. The lowest BCUT2D eigenvalue weighted by Crippen LogP contribution is -2.33. The molecular formula is C15H26N2O2. The van der Waals surface area contributed by atoms with E-state index in [2.05, 4.69) is 16.4 Å². The molecule has 0 bridgehead atoms. The third-order valence-corrected chi connectivity index (χ3v) is 3.65. The van der Waals surface area contributed by atoms with Gasteiger partial charge in [0.15, 0.2) is 5.78 Å². The van der Waals surface area contributed by atoms with Gasteiger partial charge in [-0.3, -0.25) is 9.69 Å². The molecule has 1 aromatic heterocycles. The summed E-state index contributed by atoms with van der Waals surface area (Å²) in [5.74, 6) is 0.194. The smallest absolute Gasteiger partial charge is 0.178 e. The average Bonchev–Trinajstić information content (AvgIpc) is 2.65. The Morgan fingerprint density at radius 1 is 1.37 bits per heavy atom. The molecule has 1 heterocycles. The molecule has 1 aromatic rings. The van der Waals surface area contributed by atoms with Gasteiger partial charge in [0, 0.05) is 37.2 Å². The van der Waals surface area contributed by atoms with Gasteiger partial charge < -0.3 is 9.30 Å². The molecule has 0 radical (unpaired) electrons. The fourth-order valence-electron chi connectivity index (χ4n) is 2.11. The quantitative estimate of drug-likeness (QED) is 0.534. The van der Waals surface area contributed by atoms with E-state index in [4.69, 9.17) is 4.74 Å². The highest BCUT2D eigenvalue weighted by molar-refractivity contribution is 5.99. The van der Waals surface area contributed by atoms with Crippen LogP contribution in [-0.2, 0) is 11.8 Å². The molecule has 19 heavy (non-hydrogen) atoms. The zero-order chi connectivity index (χ0) is 14.4. The number of carbonyl (C=O) groups excluding carboxylic acids is 1. The molecule has 0 spiro atoms. The first-order valence-electron chi connectivity index (χ1n) is 6.97. The molecule has 0 aliphatic rings. The van der Waals surface area contributed by atoms with Gasteiger partial charge in [-0.1, -0.05) is 6.92 Å². The highest BCUT2D eigenvalue weighted by Crippen LogP contribution is 2.14. The lowest BCUT2D eigenvalue weighted by molar-refractivity contribution is 0.0867. The molecular weight excluding hydrogens is 240 g/mol. The number of rotatable bonds is 8. The van der Waals surface area contributed by atoms with Crippen molar-refractivity contribution in [1.82, 2.24) is 9.47 Å². The predicted molar refractivity (Wildman–Crippen MR) is 77.8 cm³/mol. The summed E-state index contributed by atoms with van der Waals surface area (Å²) in [5, 5.41) is 0. The molecule has 0 unspecified atom stereocenters. The highest BCUT2D eigenvalue weighted by Gasteiger charge is 2.16. The van der Waals surface area contributed by atoms with Crippen molar-refractivity contribution in [2.75, 3.05) is 32.8 Å². The second kappa shape index (κ2) is 7.46. The van der Waals surface area contributed by atoms with Crippen molar-refractivity contribution in [3.8, 4) is 0 Å². The Balaban J connectivity index is 2.64. The lowest BCUT2D eigenvalue weighted by Gasteiger charge is -2.19. The molecule has 1 rings (SSSR count). The summed E-state index contributed by atoms with van der Waals surface area (Å²) in [5.41, 5.74) is 3.01. The minimum absolute atomic E-state index is 0.194. The van der Waals surface area contributed by atoms with Crippen LogP contribution in [0.25, 0.3) is 0 Å². The van der Waals surface area contributed by atoms with Crippen LogP contribution in [-0.4, -0.2) is 48.1 Å². The maximum absolute atomic E-state index is 12.3. The van der Waals surface area contributed by atoms with Crippen LogP contribution in [0.4, 0.5) is 0 Å². The lowest BCUT2D eigenvalue weighted by atomic mass is 10.1. The van der Waals surface area contributed by atoms with Crippen LogP contribution < -0.4 is 0 Å². The van der Waals surface area contributed by atoms with Crippen molar-refractivity contribution in [2.24, 2.45) is 7.05 Å². The van der Waals surface area contributed by atoms with Crippen molar-refractivity contribution in [2.45, 2.75) is 27.7 Å². The number of Topliss-reactive ketones (excluding diaryl/α,β-unsaturated/α-hetero) is 1. The third kappa shape index (κ3) is 4.18. The molecule has 0 atom stereocenters. The van der Waals surface area contributed by atoms with Crippen LogP contribution in [0.1, 0.15) is 35.6 Å². The second-order valence-corrected chi connectivity index (χ2v) is 4.83. The monoisotopic (exact) mass is 266 g/mol. The van der Waals surface area contributed by atoms with Gasteiger partial charge in [-0.2, -0.15) is 0 Å². The maximum atomic E-state index is 12.3. The van der Waals surface area contributed by atoms with Gasteiger partial charge >= 0.3 is 0 Å². The zero-order valence-electron chi connectivity index (χ0n) is 12.8. The molecule has 108 valence electrons. The van der Waals surface area contributed by atoms with Crippen LogP contribution in [0.3, 0.4) is 0 Å². The molecule has 0 N–H and O–H groups in total. The van der Waals surface area contributed by atoms with Gasteiger partial charge in [0.25, 0.3) is 0 Å². The summed E-state index contributed by atoms with van der Waals surface area (Å²) in [6.07, 6.45) is 0. The van der Waals surface area contributed by atoms with Crippen LogP contribution >= 0.6 is 0 Å². The van der Waals surface area contributed by atoms with E-state index in [1.54, 1.807) is 0 Å². The predicted octanol–water partition coefficient (Wildman–Crippen LogP) is 2.18. The van der Waals surface area contributed by atoms with Gasteiger partial charge in [-0.15, -0.1) is 0 Å². The Morgan fingerprint density at radius 3 is 2.53 bits per heavy atom. The molecule has 0 saturated carbocycles. The largest absolute Gasteiger partial charge is 0.380 e. The van der Waals surface area contributed by atoms with Gasteiger partial charge in [-0.05, 0) is 33.4 Å². The number of aromatic nitrogens is 1. The van der Waals surface area contributed by atoms with E-state index in [0.29, 0.717) is 13.2 Å². The topological polar surface area (TPSA) is 34.5 Å². The molecule has 0 fully saturated rings. The van der Waals surface area contributed by atoms with E-state index in [9.17, 15) is 4.79 Å². The van der Waals surface area contributed by atoms with E-state index in [1.165, 1.54) is 0 Å². The molecule has 0 aliphatic heterocycles. The number of nitrogens with zero attached hydrogens (tertiary/aromatic N) is 2. The maximum Gasteiger partial charge on any atom is 0.178 e. The standard InChI is InChI=1S/C15H26N2O2/c1-6-17(8-9-19-7-2)11-15(18)14-10-12(3)16(5)13(14)4/h10H,6-9,11H2,1-5H3. The Bertz CT molecular complexity index is 424. The fraction of sp³-hybridized carbons (Fsp3) is 0.667. The van der Waals surface area contributed by atoms with Crippen LogP contribution in [0.15, 0.2) is 6.07 Å². The molecule has 4 nitrogen and oxygen atoms in total. The van der Waals surface area contributed by atoms with Gasteiger partial charge in [0.05, 0.1) is 13.2 Å². The number of ketones is 1. The first kappa shape index (κ1) is 15.9. The van der Waals surface area contributed by atoms with E-state index in [-0.39, 0.29) is 5.78 Å². The van der Waals surface area contributed by atoms with Crippen molar-refractivity contribution in [3.05, 3.63) is 23.0 Å². The van der Waals surface area contributed by atoms with E-state index in [1.807, 2.05) is 33.9 Å². The van der Waals surface area contributed by atoms with Gasteiger partial charge in [0.1, 0.15) is 0 Å². The number of likely N-dealkylation sites (N-methyl/N-ethyl adjacent to an activating group) is 1. The molecule has 0 amide bonds. The Morgan fingerprint density at radius 2 is 2.05 bits per heavy atom. The van der Waals surface area contributed by atoms with E-state index in [0.717, 1.165) is 36.6 Å². The summed E-state index contributed by atoms with van der Waals surface area (Å²) < 4.78 is 7.40. The number of hydrogen-bond acceptors (Lipinski definition) is 3. The Labute approximate surface area is 116 Å². The summed E-state index contributed by atoms with van der Waals surface area (Å²) >= 11 is 0. The molecule has 0 saturated heterocycles. The van der Waals surface area contributed by atoms with Crippen molar-refractivity contribution in [1.29, 1.82) is 0 Å². The summed E-state index contributed by atoms with van der Waals surface area (Å²) in [6.45, 7) is 11.6. The normalized spacial score (nSPS) is 11.3. The van der Waals surface area contributed by atoms with Crippen LogP contribution in [0.5, 0.6) is 0 Å². The Kier molecular flexibility index (Phi) is 6.25. The van der Waals surface area contributed by atoms with E-state index < -0.39 is 0 Å². The van der Waals surface area contributed by atoms with E-state index >= 15 is 0 Å². The van der Waals surface area contributed by atoms with Gasteiger partial charge in [-0.25, -0.2) is 0 Å². The second-order valence-electron chi connectivity index (χ2n) is 4.83. The van der Waals surface area contributed by atoms with Crippen molar-refractivity contribution in [3.63, 3.8) is 0 Å². The summed E-state index contributed by atoms with van der Waals surface area (Å²) in [7, 11) is 1.99. The number of hydrogen-bond donors (Lipinski definition) is 0. The van der Waals surface area contributed by atoms with Crippen LogP contribution in [0.2, 0.25) is 0 Å².